The van der Waals surface area contributed by atoms with E-state index >= 15 is 0 Å². The van der Waals surface area contributed by atoms with Gasteiger partial charge < -0.3 is 16.1 Å². The van der Waals surface area contributed by atoms with Crippen molar-refractivity contribution in [2.24, 2.45) is 5.84 Å². The first-order valence-corrected chi connectivity index (χ1v) is 5.80. The summed E-state index contributed by atoms with van der Waals surface area (Å²) in [4.78, 5) is 26.4. The van der Waals surface area contributed by atoms with E-state index in [-0.39, 0.29) is 29.9 Å². The monoisotopic (exact) mass is 267 g/mol. The largest absolute Gasteiger partial charge is 0.352 e. The molecule has 1 aliphatic rings. The highest BCUT2D eigenvalue weighted by atomic mass is 19.1. The highest BCUT2D eigenvalue weighted by Crippen LogP contribution is 2.14. The van der Waals surface area contributed by atoms with Crippen LogP contribution in [-0.2, 0) is 4.79 Å². The highest BCUT2D eigenvalue weighted by Gasteiger charge is 2.22. The van der Waals surface area contributed by atoms with E-state index < -0.39 is 11.7 Å². The Morgan fingerprint density at radius 3 is 3.05 bits per heavy atom. The fourth-order valence-electron chi connectivity index (χ4n) is 1.86. The van der Waals surface area contributed by atoms with Crippen LogP contribution < -0.4 is 21.9 Å². The molecule has 1 aromatic rings. The number of halogens is 1. The zero-order chi connectivity index (χ0) is 13.8. The number of nitrogens with two attached hydrogens (primary N) is 1. The summed E-state index contributed by atoms with van der Waals surface area (Å²) in [6.07, 6.45) is 2.39. The molecule has 102 valence electrons. The van der Waals surface area contributed by atoms with Gasteiger partial charge in [-0.3, -0.25) is 9.59 Å². The SMILES string of the molecule is NNc1nccc(C(=O)NCC2CCC(=O)N2)c1F. The van der Waals surface area contributed by atoms with Gasteiger partial charge in [0.1, 0.15) is 0 Å². The lowest BCUT2D eigenvalue weighted by atomic mass is 10.2. The number of hydrazine groups is 1. The molecular formula is C11H14FN5O2. The molecule has 0 spiro atoms. The van der Waals surface area contributed by atoms with Crippen molar-refractivity contribution < 1.29 is 14.0 Å². The molecule has 1 unspecified atom stereocenters. The quantitative estimate of drug-likeness (QED) is 0.435. The van der Waals surface area contributed by atoms with Crippen molar-refractivity contribution in [2.45, 2.75) is 18.9 Å². The Hall–Kier alpha value is -2.22. The van der Waals surface area contributed by atoms with Crippen LogP contribution in [-0.4, -0.2) is 29.4 Å². The summed E-state index contributed by atoms with van der Waals surface area (Å²) in [5.41, 5.74) is 1.92. The van der Waals surface area contributed by atoms with E-state index in [4.69, 9.17) is 5.84 Å². The maximum atomic E-state index is 13.8. The van der Waals surface area contributed by atoms with Gasteiger partial charge in [-0.2, -0.15) is 0 Å². The third kappa shape index (κ3) is 2.97. The van der Waals surface area contributed by atoms with Crippen molar-refractivity contribution >= 4 is 17.6 Å². The van der Waals surface area contributed by atoms with Gasteiger partial charge in [-0.15, -0.1) is 0 Å². The molecule has 1 aliphatic heterocycles. The summed E-state index contributed by atoms with van der Waals surface area (Å²) < 4.78 is 13.8. The number of pyridine rings is 1. The van der Waals surface area contributed by atoms with Gasteiger partial charge in [0, 0.05) is 25.2 Å². The van der Waals surface area contributed by atoms with Gasteiger partial charge in [-0.25, -0.2) is 15.2 Å². The summed E-state index contributed by atoms with van der Waals surface area (Å²) in [5, 5.41) is 5.27. The molecule has 2 amide bonds. The molecule has 1 atom stereocenters. The van der Waals surface area contributed by atoms with Gasteiger partial charge in [0.05, 0.1) is 5.56 Å². The van der Waals surface area contributed by atoms with Crippen LogP contribution >= 0.6 is 0 Å². The second kappa shape index (κ2) is 5.61. The summed E-state index contributed by atoms with van der Waals surface area (Å²) in [7, 11) is 0. The lowest BCUT2D eigenvalue weighted by Crippen LogP contribution is -2.38. The molecule has 2 heterocycles. The van der Waals surface area contributed by atoms with Crippen molar-refractivity contribution in [3.05, 3.63) is 23.6 Å². The number of hydrogen-bond acceptors (Lipinski definition) is 5. The molecular weight excluding hydrogens is 253 g/mol. The van der Waals surface area contributed by atoms with Crippen molar-refractivity contribution in [1.29, 1.82) is 0 Å². The molecule has 2 rings (SSSR count). The number of anilines is 1. The second-order valence-corrected chi connectivity index (χ2v) is 4.18. The van der Waals surface area contributed by atoms with Gasteiger partial charge in [-0.1, -0.05) is 0 Å². The summed E-state index contributed by atoms with van der Waals surface area (Å²) in [6.45, 7) is 0.262. The molecule has 0 saturated carbocycles. The summed E-state index contributed by atoms with van der Waals surface area (Å²) >= 11 is 0. The summed E-state index contributed by atoms with van der Waals surface area (Å²) in [6, 6.07) is 1.16. The van der Waals surface area contributed by atoms with E-state index in [1.165, 1.54) is 12.3 Å². The maximum Gasteiger partial charge on any atom is 0.254 e. The molecule has 1 fully saturated rings. The zero-order valence-corrected chi connectivity index (χ0v) is 10.1. The molecule has 0 aromatic carbocycles. The molecule has 5 N–H and O–H groups in total. The molecule has 1 aromatic heterocycles. The van der Waals surface area contributed by atoms with Gasteiger partial charge in [0.15, 0.2) is 11.6 Å². The number of nitrogens with zero attached hydrogens (tertiary/aromatic N) is 1. The van der Waals surface area contributed by atoms with Crippen molar-refractivity contribution in [1.82, 2.24) is 15.6 Å². The highest BCUT2D eigenvalue weighted by molar-refractivity contribution is 5.95. The van der Waals surface area contributed by atoms with Crippen LogP contribution in [0.5, 0.6) is 0 Å². The Kier molecular flexibility index (Phi) is 3.91. The number of carbonyl (C=O) groups excluding carboxylic acids is 2. The average molecular weight is 267 g/mol. The molecule has 1 saturated heterocycles. The number of amides is 2. The van der Waals surface area contributed by atoms with Crippen molar-refractivity contribution in [3.8, 4) is 0 Å². The van der Waals surface area contributed by atoms with Crippen LogP contribution in [0.2, 0.25) is 0 Å². The fraction of sp³-hybridized carbons (Fsp3) is 0.364. The molecule has 8 heteroatoms. The lowest BCUT2D eigenvalue weighted by Gasteiger charge is -2.12. The number of rotatable bonds is 4. The number of nitrogen functional groups attached to an aromatic ring is 1. The standard InChI is InChI=1S/C11H14FN5O2/c12-9-7(3-4-14-10(9)17-13)11(19)15-5-6-1-2-8(18)16-6/h3-4,6H,1-2,5,13H2,(H,14,17)(H,15,19)(H,16,18). The Morgan fingerprint density at radius 2 is 2.42 bits per heavy atom. The van der Waals surface area contributed by atoms with Gasteiger partial charge >= 0.3 is 0 Å². The molecule has 0 radical (unpaired) electrons. The Bertz CT molecular complexity index is 508. The Balaban J connectivity index is 1.98. The first-order chi connectivity index (χ1) is 9.11. The normalized spacial score (nSPS) is 18.0. The Morgan fingerprint density at radius 1 is 1.63 bits per heavy atom. The van der Waals surface area contributed by atoms with Crippen LogP contribution in [0.25, 0.3) is 0 Å². The minimum Gasteiger partial charge on any atom is -0.352 e. The van der Waals surface area contributed by atoms with E-state index in [0.29, 0.717) is 12.8 Å². The van der Waals surface area contributed by atoms with Crippen molar-refractivity contribution in [2.75, 3.05) is 12.0 Å². The summed E-state index contributed by atoms with van der Waals surface area (Å²) in [5.74, 6) is 3.47. The third-order valence-corrected chi connectivity index (χ3v) is 2.86. The minimum absolute atomic E-state index is 0.0380. The molecule has 0 aliphatic carbocycles. The Labute approximate surface area is 108 Å². The number of carbonyl (C=O) groups is 2. The minimum atomic E-state index is -0.807. The van der Waals surface area contributed by atoms with Gasteiger partial charge in [-0.05, 0) is 12.5 Å². The van der Waals surface area contributed by atoms with E-state index in [1.54, 1.807) is 0 Å². The first kappa shape index (κ1) is 13.2. The van der Waals surface area contributed by atoms with Crippen LogP contribution in [0, 0.1) is 5.82 Å². The van der Waals surface area contributed by atoms with E-state index in [2.05, 4.69) is 21.0 Å². The average Bonchev–Trinajstić information content (AvgIpc) is 2.82. The maximum absolute atomic E-state index is 13.8. The third-order valence-electron chi connectivity index (χ3n) is 2.86. The molecule has 7 nitrogen and oxygen atoms in total. The van der Waals surface area contributed by atoms with E-state index in [9.17, 15) is 14.0 Å². The number of hydrogen-bond donors (Lipinski definition) is 4. The predicted molar refractivity (Wildman–Crippen MR) is 65.5 cm³/mol. The van der Waals surface area contributed by atoms with E-state index in [0.717, 1.165) is 0 Å². The molecule has 0 bridgehead atoms. The van der Waals surface area contributed by atoms with E-state index in [1.807, 2.05) is 0 Å². The second-order valence-electron chi connectivity index (χ2n) is 4.18. The topological polar surface area (TPSA) is 109 Å². The number of nitrogens with one attached hydrogen (secondary N) is 3. The predicted octanol–water partition coefficient (Wildman–Crippen LogP) is -0.485. The molecule has 19 heavy (non-hydrogen) atoms. The van der Waals surface area contributed by atoms with Crippen LogP contribution in [0.1, 0.15) is 23.2 Å². The lowest BCUT2D eigenvalue weighted by molar-refractivity contribution is -0.119. The fourth-order valence-corrected chi connectivity index (χ4v) is 1.86. The zero-order valence-electron chi connectivity index (χ0n) is 10.1. The van der Waals surface area contributed by atoms with Crippen molar-refractivity contribution in [3.63, 3.8) is 0 Å². The van der Waals surface area contributed by atoms with Gasteiger partial charge in [0.2, 0.25) is 5.91 Å². The first-order valence-electron chi connectivity index (χ1n) is 5.80. The van der Waals surface area contributed by atoms with Crippen LogP contribution in [0.4, 0.5) is 10.2 Å². The number of aromatic nitrogens is 1. The van der Waals surface area contributed by atoms with Crippen LogP contribution in [0.3, 0.4) is 0 Å². The smallest absolute Gasteiger partial charge is 0.254 e. The van der Waals surface area contributed by atoms with Crippen LogP contribution in [0.15, 0.2) is 12.3 Å². The van der Waals surface area contributed by atoms with Gasteiger partial charge in [0.25, 0.3) is 5.91 Å².